The van der Waals surface area contributed by atoms with Crippen LogP contribution in [-0.4, -0.2) is 43.4 Å². The third-order valence-electron chi connectivity index (χ3n) is 2.67. The summed E-state index contributed by atoms with van der Waals surface area (Å²) in [7, 11) is 0. The third kappa shape index (κ3) is 7.63. The zero-order valence-corrected chi connectivity index (χ0v) is 11.7. The largest absolute Gasteiger partial charge is 0.379 e. The number of rotatable bonds is 9. The summed E-state index contributed by atoms with van der Waals surface area (Å²) in [5.41, 5.74) is 5.20. The van der Waals surface area contributed by atoms with Gasteiger partial charge in [-0.3, -0.25) is 4.79 Å². The molecule has 0 heterocycles. The van der Waals surface area contributed by atoms with Crippen LogP contribution >= 0.6 is 0 Å². The Morgan fingerprint density at radius 3 is 2.50 bits per heavy atom. The number of carbonyl (C=O) groups excluding carboxylic acids is 1. The van der Waals surface area contributed by atoms with Crippen molar-refractivity contribution in [2.45, 2.75) is 57.7 Å². The van der Waals surface area contributed by atoms with E-state index in [9.17, 15) is 4.79 Å². The maximum absolute atomic E-state index is 11.2. The summed E-state index contributed by atoms with van der Waals surface area (Å²) in [5.74, 6) is -0.295. The summed E-state index contributed by atoms with van der Waals surface area (Å²) in [6.45, 7) is 7.68. The second-order valence-electron chi connectivity index (χ2n) is 5.76. The molecule has 0 aliphatic heterocycles. The summed E-state index contributed by atoms with van der Waals surface area (Å²) < 4.78 is 11.0. The molecule has 1 amide bonds. The van der Waals surface area contributed by atoms with Crippen molar-refractivity contribution in [1.29, 1.82) is 0 Å². The topological polar surface area (TPSA) is 73.6 Å². The van der Waals surface area contributed by atoms with Gasteiger partial charge in [0.1, 0.15) is 0 Å². The van der Waals surface area contributed by atoms with Crippen LogP contribution in [0.1, 0.15) is 40.0 Å². The molecule has 5 heteroatoms. The fourth-order valence-electron chi connectivity index (χ4n) is 1.55. The summed E-state index contributed by atoms with van der Waals surface area (Å²) >= 11 is 0. The minimum absolute atomic E-state index is 0.132. The molecule has 1 unspecified atom stereocenters. The predicted octanol–water partition coefficient (Wildman–Crippen LogP) is 0.814. The van der Waals surface area contributed by atoms with Gasteiger partial charge in [-0.15, -0.1) is 0 Å². The van der Waals surface area contributed by atoms with Crippen LogP contribution < -0.4 is 11.1 Å². The van der Waals surface area contributed by atoms with Gasteiger partial charge in [-0.2, -0.15) is 0 Å². The number of nitrogens with one attached hydrogen (secondary N) is 1. The average molecular weight is 258 g/mol. The van der Waals surface area contributed by atoms with Gasteiger partial charge in [-0.05, 0) is 40.0 Å². The highest BCUT2D eigenvalue weighted by atomic mass is 16.5. The molecule has 1 atom stereocenters. The Hall–Kier alpha value is -0.650. The first-order chi connectivity index (χ1) is 8.38. The molecule has 1 rings (SSSR count). The predicted molar refractivity (Wildman–Crippen MR) is 70.3 cm³/mol. The van der Waals surface area contributed by atoms with Gasteiger partial charge < -0.3 is 20.5 Å². The molecule has 1 aliphatic carbocycles. The number of carbonyl (C=O) groups is 1. The molecule has 18 heavy (non-hydrogen) atoms. The molecular formula is C13H26N2O3. The molecule has 0 radical (unpaired) electrons. The second-order valence-corrected chi connectivity index (χ2v) is 5.76. The first kappa shape index (κ1) is 15.4. The van der Waals surface area contributed by atoms with Crippen molar-refractivity contribution in [2.24, 2.45) is 5.73 Å². The lowest BCUT2D eigenvalue weighted by atomic mass is 10.2. The van der Waals surface area contributed by atoms with Crippen molar-refractivity contribution in [2.75, 3.05) is 19.8 Å². The lowest BCUT2D eigenvalue weighted by molar-refractivity contribution is -0.120. The van der Waals surface area contributed by atoms with E-state index in [0.717, 1.165) is 12.8 Å². The zero-order chi connectivity index (χ0) is 13.6. The standard InChI is InChI=1S/C13H26N2O3/c1-13(2,3)18-9-8-17-7-6-11(12(14)16)15-10-4-5-10/h10-11,15H,4-9H2,1-3H3,(H2,14,16). The summed E-state index contributed by atoms with van der Waals surface area (Å²) in [4.78, 5) is 11.2. The van der Waals surface area contributed by atoms with Crippen molar-refractivity contribution in [3.8, 4) is 0 Å². The number of hydrogen-bond donors (Lipinski definition) is 2. The molecule has 106 valence electrons. The van der Waals surface area contributed by atoms with Crippen LogP contribution in [0.25, 0.3) is 0 Å². The highest BCUT2D eigenvalue weighted by Gasteiger charge is 2.26. The van der Waals surface area contributed by atoms with E-state index in [1.54, 1.807) is 0 Å². The monoisotopic (exact) mass is 258 g/mol. The molecule has 0 spiro atoms. The Morgan fingerprint density at radius 2 is 2.00 bits per heavy atom. The van der Waals surface area contributed by atoms with E-state index in [1.165, 1.54) is 0 Å². The van der Waals surface area contributed by atoms with Crippen LogP contribution in [0.15, 0.2) is 0 Å². The van der Waals surface area contributed by atoms with Gasteiger partial charge in [-0.25, -0.2) is 0 Å². The second kappa shape index (κ2) is 7.07. The molecule has 0 saturated heterocycles. The quantitative estimate of drug-likeness (QED) is 0.600. The maximum Gasteiger partial charge on any atom is 0.234 e. The summed E-state index contributed by atoms with van der Waals surface area (Å²) in [6, 6.07) is 0.216. The molecule has 1 aliphatic rings. The Bertz CT molecular complexity index is 259. The van der Waals surface area contributed by atoms with E-state index in [-0.39, 0.29) is 17.6 Å². The number of ether oxygens (including phenoxy) is 2. The molecular weight excluding hydrogens is 232 g/mol. The zero-order valence-electron chi connectivity index (χ0n) is 11.7. The molecule has 0 aromatic heterocycles. The minimum atomic E-state index is -0.295. The van der Waals surface area contributed by atoms with Gasteiger partial charge in [0.2, 0.25) is 5.91 Å². The van der Waals surface area contributed by atoms with Gasteiger partial charge in [-0.1, -0.05) is 0 Å². The van der Waals surface area contributed by atoms with E-state index in [0.29, 0.717) is 32.3 Å². The van der Waals surface area contributed by atoms with Crippen molar-refractivity contribution >= 4 is 5.91 Å². The van der Waals surface area contributed by atoms with E-state index in [1.807, 2.05) is 20.8 Å². The lowest BCUT2D eigenvalue weighted by Gasteiger charge is -2.19. The molecule has 3 N–H and O–H groups in total. The first-order valence-corrected chi connectivity index (χ1v) is 6.65. The van der Waals surface area contributed by atoms with Crippen LogP contribution in [0.4, 0.5) is 0 Å². The fourth-order valence-corrected chi connectivity index (χ4v) is 1.55. The van der Waals surface area contributed by atoms with Gasteiger partial charge in [0, 0.05) is 12.6 Å². The van der Waals surface area contributed by atoms with Gasteiger partial charge in [0.25, 0.3) is 0 Å². The normalized spacial score (nSPS) is 17.7. The number of primary amides is 1. The van der Waals surface area contributed by atoms with Gasteiger partial charge >= 0.3 is 0 Å². The van der Waals surface area contributed by atoms with Crippen LogP contribution in [0.5, 0.6) is 0 Å². The first-order valence-electron chi connectivity index (χ1n) is 6.65. The van der Waals surface area contributed by atoms with Gasteiger partial charge in [0.15, 0.2) is 0 Å². The number of hydrogen-bond acceptors (Lipinski definition) is 4. The molecule has 0 aromatic carbocycles. The van der Waals surface area contributed by atoms with E-state index in [4.69, 9.17) is 15.2 Å². The smallest absolute Gasteiger partial charge is 0.234 e. The third-order valence-corrected chi connectivity index (χ3v) is 2.67. The van der Waals surface area contributed by atoms with Crippen LogP contribution in [-0.2, 0) is 14.3 Å². The molecule has 1 saturated carbocycles. The molecule has 5 nitrogen and oxygen atoms in total. The van der Waals surface area contributed by atoms with Crippen LogP contribution in [0.3, 0.4) is 0 Å². The number of amides is 1. The SMILES string of the molecule is CC(C)(C)OCCOCCC(NC1CC1)C(N)=O. The van der Waals surface area contributed by atoms with E-state index in [2.05, 4.69) is 5.32 Å². The summed E-state index contributed by atoms with van der Waals surface area (Å²) in [6.07, 6.45) is 2.91. The summed E-state index contributed by atoms with van der Waals surface area (Å²) in [5, 5.41) is 3.22. The van der Waals surface area contributed by atoms with Crippen LogP contribution in [0.2, 0.25) is 0 Å². The van der Waals surface area contributed by atoms with Crippen molar-refractivity contribution in [3.05, 3.63) is 0 Å². The Labute approximate surface area is 109 Å². The van der Waals surface area contributed by atoms with Crippen LogP contribution in [0, 0.1) is 0 Å². The highest BCUT2D eigenvalue weighted by molar-refractivity contribution is 5.79. The molecule has 1 fully saturated rings. The number of nitrogens with two attached hydrogens (primary N) is 1. The lowest BCUT2D eigenvalue weighted by Crippen LogP contribution is -2.43. The maximum atomic E-state index is 11.2. The minimum Gasteiger partial charge on any atom is -0.379 e. The highest BCUT2D eigenvalue weighted by Crippen LogP contribution is 2.19. The Balaban J connectivity index is 2.02. The van der Waals surface area contributed by atoms with Crippen molar-refractivity contribution < 1.29 is 14.3 Å². The van der Waals surface area contributed by atoms with Crippen molar-refractivity contribution in [1.82, 2.24) is 5.32 Å². The molecule has 0 bridgehead atoms. The Kier molecular flexibility index (Phi) is 6.05. The fraction of sp³-hybridized carbons (Fsp3) is 0.923. The van der Waals surface area contributed by atoms with E-state index < -0.39 is 0 Å². The Morgan fingerprint density at radius 1 is 1.33 bits per heavy atom. The van der Waals surface area contributed by atoms with E-state index >= 15 is 0 Å². The average Bonchev–Trinajstić information content (AvgIpc) is 3.03. The van der Waals surface area contributed by atoms with Crippen molar-refractivity contribution in [3.63, 3.8) is 0 Å². The van der Waals surface area contributed by atoms with Gasteiger partial charge in [0.05, 0.1) is 24.9 Å². The molecule has 0 aromatic rings.